The van der Waals surface area contributed by atoms with E-state index in [4.69, 9.17) is 0 Å². The summed E-state index contributed by atoms with van der Waals surface area (Å²) in [5.41, 5.74) is 0.918. The summed E-state index contributed by atoms with van der Waals surface area (Å²) in [6.07, 6.45) is 6.20. The molecule has 0 aliphatic carbocycles. The van der Waals surface area contributed by atoms with Crippen LogP contribution in [-0.2, 0) is 0 Å². The van der Waals surface area contributed by atoms with Crippen molar-refractivity contribution < 1.29 is 0 Å². The minimum atomic E-state index is -0.785. The molecule has 0 nitrogen and oxygen atoms in total. The fourth-order valence-corrected chi connectivity index (χ4v) is 10.2. The molecule has 2 atom stereocenters. The molecule has 0 radical (unpaired) electrons. The van der Waals surface area contributed by atoms with Gasteiger partial charge in [-0.25, -0.2) is 0 Å². The van der Waals surface area contributed by atoms with E-state index in [1.165, 1.54) is 6.16 Å². The number of allylic oxidation sites excluding steroid dienone is 2. The Morgan fingerprint density at radius 3 is 2.20 bits per heavy atom. The van der Waals surface area contributed by atoms with Crippen molar-refractivity contribution in [3.8, 4) is 0 Å². The number of rotatable bonds is 1. The second-order valence-corrected chi connectivity index (χ2v) is 16.2. The van der Waals surface area contributed by atoms with E-state index < -0.39 is 7.74 Å². The van der Waals surface area contributed by atoms with Gasteiger partial charge in [0.2, 0.25) is 0 Å². The highest BCUT2D eigenvalue weighted by atomic mass is 31.4. The van der Waals surface area contributed by atoms with Gasteiger partial charge in [-0.2, -0.15) is 0 Å². The summed E-state index contributed by atoms with van der Waals surface area (Å²) in [6, 6.07) is 0. The van der Waals surface area contributed by atoms with Crippen LogP contribution in [0.4, 0.5) is 0 Å². The molecule has 0 saturated carbocycles. The molecule has 10 heavy (non-hydrogen) atoms. The Hall–Kier alpha value is 0.387. The molecular weight excluding hydrogens is 155 g/mol. The van der Waals surface area contributed by atoms with Crippen LogP contribution >= 0.6 is 7.47 Å². The quantitative estimate of drug-likeness (QED) is 0.323. The summed E-state index contributed by atoms with van der Waals surface area (Å²) in [6.45, 7) is 9.89. The standard InChI is InChI=1S/C8H17PSi/c1-8-6-5-7-9(8)10(2,3)4/h5-6,8H,7H2,1-4H3/t8-,9+/m0/s1. The fraction of sp³-hybridized carbons (Fsp3) is 0.750. The predicted octanol–water partition coefficient (Wildman–Crippen LogP) is 3.26. The summed E-state index contributed by atoms with van der Waals surface area (Å²) in [7, 11) is -0.405. The molecule has 2 heteroatoms. The monoisotopic (exact) mass is 172 g/mol. The van der Waals surface area contributed by atoms with Crippen LogP contribution in [0, 0.1) is 0 Å². The first-order chi connectivity index (χ1) is 4.52. The lowest BCUT2D eigenvalue weighted by atomic mass is 10.4. The molecule has 0 aromatic heterocycles. The zero-order chi connectivity index (χ0) is 7.78. The average molecular weight is 172 g/mol. The molecule has 0 aromatic carbocycles. The van der Waals surface area contributed by atoms with Crippen LogP contribution in [0.2, 0.25) is 19.6 Å². The van der Waals surface area contributed by atoms with Crippen molar-refractivity contribution in [2.75, 3.05) is 6.16 Å². The Labute approximate surface area is 66.3 Å². The van der Waals surface area contributed by atoms with Gasteiger partial charge in [0.05, 0.1) is 7.74 Å². The van der Waals surface area contributed by atoms with Gasteiger partial charge in [0.1, 0.15) is 0 Å². The molecule has 1 aliphatic heterocycles. The van der Waals surface area contributed by atoms with Crippen molar-refractivity contribution in [3.63, 3.8) is 0 Å². The zero-order valence-corrected chi connectivity index (χ0v) is 9.28. The van der Waals surface area contributed by atoms with E-state index in [9.17, 15) is 0 Å². The second kappa shape index (κ2) is 2.79. The smallest absolute Gasteiger partial charge is 0.0730 e. The van der Waals surface area contributed by atoms with Gasteiger partial charge >= 0.3 is 0 Å². The lowest BCUT2D eigenvalue weighted by Gasteiger charge is -2.29. The van der Waals surface area contributed by atoms with E-state index in [1.54, 1.807) is 0 Å². The van der Waals surface area contributed by atoms with Gasteiger partial charge < -0.3 is 0 Å². The average Bonchev–Trinajstić information content (AvgIpc) is 2.11. The summed E-state index contributed by atoms with van der Waals surface area (Å²) in [5.74, 6) is 0. The van der Waals surface area contributed by atoms with E-state index in [2.05, 4.69) is 38.7 Å². The van der Waals surface area contributed by atoms with Crippen molar-refractivity contribution in [2.45, 2.75) is 32.2 Å². The van der Waals surface area contributed by atoms with Gasteiger partial charge in [-0.15, -0.1) is 7.47 Å². The van der Waals surface area contributed by atoms with Crippen LogP contribution in [0.1, 0.15) is 6.92 Å². The minimum absolute atomic E-state index is 0.380. The summed E-state index contributed by atoms with van der Waals surface area (Å²) >= 11 is 0. The highest BCUT2D eigenvalue weighted by Crippen LogP contribution is 2.53. The molecule has 1 heterocycles. The van der Waals surface area contributed by atoms with Gasteiger partial charge in [-0.1, -0.05) is 38.7 Å². The summed E-state index contributed by atoms with van der Waals surface area (Å²) in [5, 5.41) is 0. The fourth-order valence-electron chi connectivity index (χ4n) is 1.53. The van der Waals surface area contributed by atoms with Gasteiger partial charge in [-0.3, -0.25) is 0 Å². The number of hydrogen-bond acceptors (Lipinski definition) is 0. The maximum absolute atomic E-state index is 2.50. The molecule has 0 N–H and O–H groups in total. The van der Waals surface area contributed by atoms with Gasteiger partial charge in [0.25, 0.3) is 0 Å². The van der Waals surface area contributed by atoms with Gasteiger partial charge in [0.15, 0.2) is 0 Å². The Morgan fingerprint density at radius 1 is 1.40 bits per heavy atom. The van der Waals surface area contributed by atoms with Crippen LogP contribution < -0.4 is 0 Å². The van der Waals surface area contributed by atoms with Crippen LogP contribution in [0.15, 0.2) is 12.2 Å². The van der Waals surface area contributed by atoms with Crippen molar-refractivity contribution in [3.05, 3.63) is 12.2 Å². The molecule has 58 valence electrons. The molecule has 0 aromatic rings. The third-order valence-corrected chi connectivity index (χ3v) is 12.5. The Bertz CT molecular complexity index is 146. The first kappa shape index (κ1) is 8.48. The molecule has 0 unspecified atom stereocenters. The van der Waals surface area contributed by atoms with Crippen molar-refractivity contribution in [1.82, 2.24) is 0 Å². The van der Waals surface area contributed by atoms with Crippen LogP contribution in [0.3, 0.4) is 0 Å². The van der Waals surface area contributed by atoms with Crippen LogP contribution in [0.25, 0.3) is 0 Å². The molecule has 1 aliphatic rings. The topological polar surface area (TPSA) is 0 Å². The molecule has 0 bridgehead atoms. The molecule has 1 rings (SSSR count). The molecule has 0 amide bonds. The van der Waals surface area contributed by atoms with Crippen LogP contribution in [-0.4, -0.2) is 19.6 Å². The van der Waals surface area contributed by atoms with E-state index in [0.717, 1.165) is 5.66 Å². The van der Waals surface area contributed by atoms with E-state index in [1.807, 2.05) is 0 Å². The van der Waals surface area contributed by atoms with Crippen molar-refractivity contribution in [2.24, 2.45) is 0 Å². The lowest BCUT2D eigenvalue weighted by molar-refractivity contribution is 1.25. The highest BCUT2D eigenvalue weighted by molar-refractivity contribution is 7.95. The minimum Gasteiger partial charge on any atom is -0.108 e. The van der Waals surface area contributed by atoms with E-state index in [-0.39, 0.29) is 0 Å². The predicted molar refractivity (Wildman–Crippen MR) is 53.7 cm³/mol. The van der Waals surface area contributed by atoms with Gasteiger partial charge in [-0.05, 0) is 11.8 Å². The SMILES string of the molecule is C[C@H]1C=CC[P@@]1[Si](C)(C)C. The maximum atomic E-state index is 2.50. The Kier molecular flexibility index (Phi) is 2.37. The van der Waals surface area contributed by atoms with Crippen molar-refractivity contribution >= 4 is 15.2 Å². The van der Waals surface area contributed by atoms with E-state index in [0.29, 0.717) is 7.47 Å². The Balaban J connectivity index is 2.60. The van der Waals surface area contributed by atoms with Gasteiger partial charge in [0, 0.05) is 0 Å². The Morgan fingerprint density at radius 2 is 2.00 bits per heavy atom. The summed E-state index contributed by atoms with van der Waals surface area (Å²) < 4.78 is 0. The highest BCUT2D eigenvalue weighted by Gasteiger charge is 2.30. The molecule has 0 fully saturated rings. The molecule has 0 saturated heterocycles. The van der Waals surface area contributed by atoms with Crippen LogP contribution in [0.5, 0.6) is 0 Å². The van der Waals surface area contributed by atoms with E-state index >= 15 is 0 Å². The van der Waals surface area contributed by atoms with Crippen molar-refractivity contribution in [1.29, 1.82) is 0 Å². The zero-order valence-electron chi connectivity index (χ0n) is 7.39. The second-order valence-electron chi connectivity index (χ2n) is 3.99. The number of hydrogen-bond donors (Lipinski definition) is 0. The summed E-state index contributed by atoms with van der Waals surface area (Å²) in [4.78, 5) is 0. The molecular formula is C8H17PSi. The normalized spacial score (nSPS) is 33.2. The maximum Gasteiger partial charge on any atom is 0.0730 e. The first-order valence-corrected chi connectivity index (χ1v) is 9.89. The third-order valence-electron chi connectivity index (χ3n) is 2.07. The largest absolute Gasteiger partial charge is 0.108 e. The lowest BCUT2D eigenvalue weighted by Crippen LogP contribution is -2.21. The first-order valence-electron chi connectivity index (χ1n) is 3.95. The third kappa shape index (κ3) is 1.70. The molecule has 0 spiro atoms.